The minimum absolute atomic E-state index is 0.121. The van der Waals surface area contributed by atoms with E-state index in [1.165, 1.54) is 5.56 Å². The van der Waals surface area contributed by atoms with Crippen LogP contribution in [0.3, 0.4) is 0 Å². The molecule has 120 valence electrons. The van der Waals surface area contributed by atoms with Crippen LogP contribution in [0.2, 0.25) is 0 Å². The topological polar surface area (TPSA) is 46.2 Å². The van der Waals surface area contributed by atoms with Gasteiger partial charge in [-0.05, 0) is 51.2 Å². The summed E-state index contributed by atoms with van der Waals surface area (Å²) in [5, 5.41) is 7.23. The molecule has 0 bridgehead atoms. The third-order valence-electron chi connectivity index (χ3n) is 3.87. The van der Waals surface area contributed by atoms with E-state index < -0.39 is 0 Å². The predicted molar refractivity (Wildman–Crippen MR) is 96.8 cm³/mol. The van der Waals surface area contributed by atoms with Gasteiger partial charge in [-0.2, -0.15) is 0 Å². The number of thiocarbonyl (C=S) groups is 1. The van der Waals surface area contributed by atoms with Crippen LogP contribution >= 0.6 is 12.2 Å². The van der Waals surface area contributed by atoms with Gasteiger partial charge in [-0.15, -0.1) is 0 Å². The van der Waals surface area contributed by atoms with Crippen LogP contribution in [0, 0.1) is 6.92 Å². The van der Waals surface area contributed by atoms with Gasteiger partial charge in [0.2, 0.25) is 0 Å². The van der Waals surface area contributed by atoms with E-state index in [4.69, 9.17) is 17.0 Å². The van der Waals surface area contributed by atoms with Crippen LogP contribution in [0.1, 0.15) is 37.4 Å². The first-order valence-electron chi connectivity index (χ1n) is 7.70. The molecule has 1 unspecified atom stereocenters. The molecule has 2 aromatic rings. The van der Waals surface area contributed by atoms with E-state index in [2.05, 4.69) is 48.5 Å². The fraction of sp³-hybridized carbons (Fsp3) is 0.333. The number of fused-ring (bicyclic) bond motifs is 1. The number of rotatable bonds is 2. The molecule has 2 N–H and O–H groups in total. The summed E-state index contributed by atoms with van der Waals surface area (Å²) in [4.78, 5) is 4.01. The molecule has 1 aliphatic heterocycles. The molecule has 0 spiro atoms. The summed E-state index contributed by atoms with van der Waals surface area (Å²) >= 11 is 5.47. The van der Waals surface area contributed by atoms with Crippen LogP contribution in [0.25, 0.3) is 0 Å². The Morgan fingerprint density at radius 3 is 2.74 bits per heavy atom. The highest BCUT2D eigenvalue weighted by Crippen LogP contribution is 2.39. The molecule has 2 heterocycles. The Morgan fingerprint density at radius 2 is 2.00 bits per heavy atom. The van der Waals surface area contributed by atoms with E-state index >= 15 is 0 Å². The first kappa shape index (κ1) is 15.7. The van der Waals surface area contributed by atoms with Crippen molar-refractivity contribution in [3.05, 3.63) is 53.9 Å². The van der Waals surface area contributed by atoms with Crippen molar-refractivity contribution in [1.29, 1.82) is 0 Å². The Hall–Kier alpha value is -2.14. The van der Waals surface area contributed by atoms with Crippen molar-refractivity contribution >= 4 is 23.0 Å². The van der Waals surface area contributed by atoms with E-state index in [0.29, 0.717) is 5.11 Å². The van der Waals surface area contributed by atoms with Gasteiger partial charge < -0.3 is 15.4 Å². The first-order valence-corrected chi connectivity index (χ1v) is 8.11. The molecule has 3 rings (SSSR count). The number of anilines is 1. The summed E-state index contributed by atoms with van der Waals surface area (Å²) in [6, 6.07) is 10.2. The van der Waals surface area contributed by atoms with Gasteiger partial charge in [0.25, 0.3) is 0 Å². The van der Waals surface area contributed by atoms with Crippen molar-refractivity contribution < 1.29 is 4.74 Å². The van der Waals surface area contributed by atoms with Gasteiger partial charge in [0.1, 0.15) is 11.4 Å². The molecule has 1 aliphatic rings. The zero-order chi connectivity index (χ0) is 16.4. The number of aromatic nitrogens is 1. The third kappa shape index (κ3) is 3.79. The number of benzene rings is 1. The van der Waals surface area contributed by atoms with Crippen molar-refractivity contribution in [1.82, 2.24) is 10.3 Å². The summed E-state index contributed by atoms with van der Waals surface area (Å²) in [7, 11) is 0. The number of nitrogens with zero attached hydrogens (tertiary/aromatic N) is 1. The van der Waals surface area contributed by atoms with Crippen LogP contribution < -0.4 is 15.4 Å². The SMILES string of the molecule is Cc1ccc2c(c1)C(NC(=S)Nc1ccncc1)CC(C)(C)O2. The summed E-state index contributed by atoms with van der Waals surface area (Å²) in [6.07, 6.45) is 4.32. The van der Waals surface area contributed by atoms with Crippen molar-refractivity contribution in [2.24, 2.45) is 0 Å². The fourth-order valence-electron chi connectivity index (χ4n) is 2.86. The molecule has 1 aromatic heterocycles. The monoisotopic (exact) mass is 327 g/mol. The van der Waals surface area contributed by atoms with Gasteiger partial charge in [-0.1, -0.05) is 17.7 Å². The van der Waals surface area contributed by atoms with Gasteiger partial charge in [-0.25, -0.2) is 0 Å². The maximum absolute atomic E-state index is 6.09. The molecule has 0 saturated carbocycles. The minimum Gasteiger partial charge on any atom is -0.487 e. The van der Waals surface area contributed by atoms with E-state index in [9.17, 15) is 0 Å². The Balaban J connectivity index is 1.79. The lowest BCUT2D eigenvalue weighted by Gasteiger charge is -2.38. The fourth-order valence-corrected chi connectivity index (χ4v) is 3.12. The second-order valence-corrected chi connectivity index (χ2v) is 6.90. The highest BCUT2D eigenvalue weighted by atomic mass is 32.1. The summed E-state index contributed by atoms with van der Waals surface area (Å²) < 4.78 is 6.09. The molecule has 0 aliphatic carbocycles. The zero-order valence-electron chi connectivity index (χ0n) is 13.6. The lowest BCUT2D eigenvalue weighted by molar-refractivity contribution is 0.0696. The minimum atomic E-state index is -0.230. The predicted octanol–water partition coefficient (Wildman–Crippen LogP) is 3.98. The quantitative estimate of drug-likeness (QED) is 0.817. The van der Waals surface area contributed by atoms with E-state index in [1.807, 2.05) is 18.2 Å². The summed E-state index contributed by atoms with van der Waals surface area (Å²) in [6.45, 7) is 6.29. The Morgan fingerprint density at radius 1 is 1.26 bits per heavy atom. The van der Waals surface area contributed by atoms with Gasteiger partial charge in [0, 0.05) is 30.1 Å². The van der Waals surface area contributed by atoms with Crippen LogP contribution in [0.4, 0.5) is 5.69 Å². The average Bonchev–Trinajstić information content (AvgIpc) is 2.48. The number of hydrogen-bond acceptors (Lipinski definition) is 3. The number of aryl methyl sites for hydroxylation is 1. The number of nitrogens with one attached hydrogen (secondary N) is 2. The van der Waals surface area contributed by atoms with Crippen molar-refractivity contribution in [2.45, 2.75) is 38.8 Å². The normalized spacial score (nSPS) is 18.5. The Labute approximate surface area is 142 Å². The maximum Gasteiger partial charge on any atom is 0.171 e. The van der Waals surface area contributed by atoms with E-state index in [1.54, 1.807) is 12.4 Å². The molecular weight excluding hydrogens is 306 g/mol. The average molecular weight is 327 g/mol. The van der Waals surface area contributed by atoms with Crippen molar-refractivity contribution in [2.75, 3.05) is 5.32 Å². The molecule has 4 nitrogen and oxygen atoms in total. The number of pyridine rings is 1. The molecule has 0 radical (unpaired) electrons. The lowest BCUT2D eigenvalue weighted by Crippen LogP contribution is -2.42. The molecule has 0 fully saturated rings. The molecule has 5 heteroatoms. The zero-order valence-corrected chi connectivity index (χ0v) is 14.4. The second-order valence-electron chi connectivity index (χ2n) is 6.49. The van der Waals surface area contributed by atoms with Crippen LogP contribution in [0.5, 0.6) is 5.75 Å². The maximum atomic E-state index is 6.09. The summed E-state index contributed by atoms with van der Waals surface area (Å²) in [5.74, 6) is 0.927. The third-order valence-corrected chi connectivity index (χ3v) is 4.09. The van der Waals surface area contributed by atoms with Crippen LogP contribution in [0.15, 0.2) is 42.7 Å². The molecule has 1 aromatic carbocycles. The van der Waals surface area contributed by atoms with Crippen molar-refractivity contribution in [3.8, 4) is 5.75 Å². The number of ether oxygens (including phenoxy) is 1. The van der Waals surface area contributed by atoms with Crippen LogP contribution in [-0.4, -0.2) is 15.7 Å². The molecule has 1 atom stereocenters. The van der Waals surface area contributed by atoms with Gasteiger partial charge in [-0.3, -0.25) is 4.98 Å². The second kappa shape index (κ2) is 6.16. The Bertz CT molecular complexity index is 715. The molecule has 0 amide bonds. The van der Waals surface area contributed by atoms with Crippen LogP contribution in [-0.2, 0) is 0 Å². The Kier molecular flexibility index (Phi) is 4.22. The molecule has 23 heavy (non-hydrogen) atoms. The van der Waals surface area contributed by atoms with Gasteiger partial charge >= 0.3 is 0 Å². The smallest absolute Gasteiger partial charge is 0.171 e. The lowest BCUT2D eigenvalue weighted by atomic mass is 9.89. The standard InChI is InChI=1S/C18H21N3OS/c1-12-4-5-16-14(10-12)15(11-18(2,3)22-16)21-17(23)20-13-6-8-19-9-7-13/h4-10,15H,11H2,1-3H3,(H2,19,20,21,23). The van der Waals surface area contributed by atoms with Gasteiger partial charge in [0.05, 0.1) is 6.04 Å². The summed E-state index contributed by atoms with van der Waals surface area (Å²) in [5.41, 5.74) is 3.06. The van der Waals surface area contributed by atoms with E-state index in [0.717, 1.165) is 23.4 Å². The largest absolute Gasteiger partial charge is 0.487 e. The highest BCUT2D eigenvalue weighted by molar-refractivity contribution is 7.80. The van der Waals surface area contributed by atoms with E-state index in [-0.39, 0.29) is 11.6 Å². The van der Waals surface area contributed by atoms with Crippen molar-refractivity contribution in [3.63, 3.8) is 0 Å². The van der Waals surface area contributed by atoms with Gasteiger partial charge in [0.15, 0.2) is 5.11 Å². The highest BCUT2D eigenvalue weighted by Gasteiger charge is 2.34. The molecular formula is C18H21N3OS. The first-order chi connectivity index (χ1) is 10.9. The molecule has 0 saturated heterocycles. The number of hydrogen-bond donors (Lipinski definition) is 2.